The molecule has 0 spiro atoms. The summed E-state index contributed by atoms with van der Waals surface area (Å²) in [5.41, 5.74) is -0.138. The van der Waals surface area contributed by atoms with E-state index in [2.05, 4.69) is 5.32 Å². The fourth-order valence-electron chi connectivity index (χ4n) is 4.78. The summed E-state index contributed by atoms with van der Waals surface area (Å²) in [7, 11) is 1.48. The Morgan fingerprint density at radius 1 is 1.12 bits per heavy atom. The maximum absolute atomic E-state index is 14.6. The van der Waals surface area contributed by atoms with E-state index < -0.39 is 5.54 Å². The second kappa shape index (κ2) is 10.4. The summed E-state index contributed by atoms with van der Waals surface area (Å²) in [5, 5.41) is 3.01. The fourth-order valence-corrected chi connectivity index (χ4v) is 4.78. The Labute approximate surface area is 198 Å². The van der Waals surface area contributed by atoms with Gasteiger partial charge in [0.25, 0.3) is 0 Å². The lowest BCUT2D eigenvalue weighted by atomic mass is 9.84. The van der Waals surface area contributed by atoms with E-state index in [1.165, 1.54) is 25.3 Å². The lowest BCUT2D eigenvalue weighted by Crippen LogP contribution is -2.46. The van der Waals surface area contributed by atoms with E-state index in [4.69, 9.17) is 9.47 Å². The molecule has 1 atom stereocenters. The average Bonchev–Trinajstić information content (AvgIpc) is 3.21. The minimum Gasteiger partial charge on any atom is -0.497 e. The Morgan fingerprint density at radius 2 is 1.82 bits per heavy atom. The summed E-state index contributed by atoms with van der Waals surface area (Å²) >= 11 is 0. The number of halogens is 2. The van der Waals surface area contributed by atoms with Crippen molar-refractivity contribution < 1.29 is 27.8 Å². The Hall–Kier alpha value is -3.16. The minimum absolute atomic E-state index is 0.0204. The van der Waals surface area contributed by atoms with Gasteiger partial charge in [-0.3, -0.25) is 9.59 Å². The number of methoxy groups -OCH3 is 1. The molecule has 8 heteroatoms. The van der Waals surface area contributed by atoms with Gasteiger partial charge in [0.15, 0.2) is 0 Å². The predicted molar refractivity (Wildman–Crippen MR) is 123 cm³/mol. The normalized spacial score (nSPS) is 20.8. The average molecular weight is 473 g/mol. The van der Waals surface area contributed by atoms with Gasteiger partial charge in [-0.25, -0.2) is 8.78 Å². The van der Waals surface area contributed by atoms with Crippen molar-refractivity contribution in [3.63, 3.8) is 0 Å². The molecule has 0 aromatic heterocycles. The molecule has 0 saturated carbocycles. The number of carbonyl (C=O) groups excluding carboxylic acids is 2. The molecule has 0 bridgehead atoms. The maximum atomic E-state index is 14.6. The number of rotatable bonds is 8. The fraction of sp³-hybridized carbons (Fsp3) is 0.462. The highest BCUT2D eigenvalue weighted by Gasteiger charge is 2.39. The zero-order valence-electron chi connectivity index (χ0n) is 19.3. The van der Waals surface area contributed by atoms with Crippen molar-refractivity contribution in [2.75, 3.05) is 20.2 Å². The first-order chi connectivity index (χ1) is 16.4. The first kappa shape index (κ1) is 24.0. The topological polar surface area (TPSA) is 67.9 Å². The number of carbonyl (C=O) groups is 2. The SMILES string of the molecule is COc1ccc(C[C@@]2(CCC(=O)N3CCC(Oc4ccc(F)cc4)CC3)CCC(=O)N2)c(F)c1. The predicted octanol–water partition coefficient (Wildman–Crippen LogP) is 4.01. The van der Waals surface area contributed by atoms with Gasteiger partial charge in [0, 0.05) is 50.4 Å². The summed E-state index contributed by atoms with van der Waals surface area (Å²) in [6.45, 7) is 1.16. The van der Waals surface area contributed by atoms with E-state index >= 15 is 0 Å². The largest absolute Gasteiger partial charge is 0.497 e. The van der Waals surface area contributed by atoms with Gasteiger partial charge in [-0.2, -0.15) is 0 Å². The Morgan fingerprint density at radius 3 is 2.44 bits per heavy atom. The van der Waals surface area contributed by atoms with Crippen LogP contribution in [-0.2, 0) is 16.0 Å². The molecule has 2 aliphatic heterocycles. The number of hydrogen-bond donors (Lipinski definition) is 1. The van der Waals surface area contributed by atoms with Gasteiger partial charge in [0.2, 0.25) is 11.8 Å². The molecule has 6 nitrogen and oxygen atoms in total. The Kier molecular flexibility index (Phi) is 7.34. The van der Waals surface area contributed by atoms with Crippen LogP contribution in [0.3, 0.4) is 0 Å². The number of nitrogens with one attached hydrogen (secondary N) is 1. The Balaban J connectivity index is 1.31. The van der Waals surface area contributed by atoms with Crippen LogP contribution in [0, 0.1) is 11.6 Å². The van der Waals surface area contributed by atoms with E-state index in [1.807, 2.05) is 4.90 Å². The van der Waals surface area contributed by atoms with E-state index in [0.29, 0.717) is 68.7 Å². The standard InChI is InChI=1S/C26H30F2N2O4/c1-33-22-5-2-18(23(28)16-22)17-26(12-8-24(31)29-26)13-9-25(32)30-14-10-21(11-15-30)34-20-6-3-19(27)4-7-20/h2-7,16,21H,8-15,17H2,1H3,(H,29,31)/t26-/m0/s1. The zero-order valence-corrected chi connectivity index (χ0v) is 19.3. The molecule has 2 amide bonds. The molecule has 4 rings (SSSR count). The minimum atomic E-state index is -0.633. The molecule has 1 N–H and O–H groups in total. The quantitative estimate of drug-likeness (QED) is 0.630. The number of amides is 2. The number of likely N-dealkylation sites (tertiary alicyclic amines) is 1. The first-order valence-corrected chi connectivity index (χ1v) is 11.7. The highest BCUT2D eigenvalue weighted by molar-refractivity contribution is 5.80. The van der Waals surface area contributed by atoms with Gasteiger partial charge < -0.3 is 19.7 Å². The van der Waals surface area contributed by atoms with Crippen LogP contribution in [-0.4, -0.2) is 48.6 Å². The van der Waals surface area contributed by atoms with Crippen LogP contribution in [0.1, 0.15) is 44.1 Å². The number of hydrogen-bond acceptors (Lipinski definition) is 4. The van der Waals surface area contributed by atoms with Gasteiger partial charge in [-0.05, 0) is 55.2 Å². The lowest BCUT2D eigenvalue weighted by Gasteiger charge is -2.34. The lowest BCUT2D eigenvalue weighted by molar-refractivity contribution is -0.133. The molecule has 2 aliphatic rings. The highest BCUT2D eigenvalue weighted by atomic mass is 19.1. The number of nitrogens with zero attached hydrogens (tertiary/aromatic N) is 1. The van der Waals surface area contributed by atoms with Gasteiger partial charge in [-0.1, -0.05) is 6.07 Å². The monoisotopic (exact) mass is 472 g/mol. The third-order valence-corrected chi connectivity index (χ3v) is 6.75. The summed E-state index contributed by atoms with van der Waals surface area (Å²) in [6, 6.07) is 10.7. The molecular formula is C26H30F2N2O4. The van der Waals surface area contributed by atoms with E-state index in [-0.39, 0.29) is 36.0 Å². The summed E-state index contributed by atoms with van der Waals surface area (Å²) in [6.07, 6.45) is 3.37. The molecule has 2 fully saturated rings. The number of piperidine rings is 1. The molecule has 2 heterocycles. The highest BCUT2D eigenvalue weighted by Crippen LogP contribution is 2.32. The third kappa shape index (κ3) is 5.85. The molecule has 2 saturated heterocycles. The van der Waals surface area contributed by atoms with E-state index in [1.54, 1.807) is 24.3 Å². The second-order valence-electron chi connectivity index (χ2n) is 9.11. The van der Waals surface area contributed by atoms with Crippen molar-refractivity contribution in [3.8, 4) is 11.5 Å². The van der Waals surface area contributed by atoms with Crippen LogP contribution in [0.15, 0.2) is 42.5 Å². The van der Waals surface area contributed by atoms with Crippen molar-refractivity contribution in [3.05, 3.63) is 59.7 Å². The van der Waals surface area contributed by atoms with Crippen molar-refractivity contribution in [1.29, 1.82) is 0 Å². The molecule has 0 aliphatic carbocycles. The second-order valence-corrected chi connectivity index (χ2v) is 9.11. The van der Waals surface area contributed by atoms with Crippen LogP contribution < -0.4 is 14.8 Å². The third-order valence-electron chi connectivity index (χ3n) is 6.75. The molecule has 0 radical (unpaired) electrons. The maximum Gasteiger partial charge on any atom is 0.222 e. The van der Waals surface area contributed by atoms with Gasteiger partial charge in [0.05, 0.1) is 7.11 Å². The van der Waals surface area contributed by atoms with Crippen molar-refractivity contribution in [2.45, 2.75) is 56.6 Å². The zero-order chi connectivity index (χ0) is 24.1. The summed E-state index contributed by atoms with van der Waals surface area (Å²) < 4.78 is 38.6. The molecule has 2 aromatic carbocycles. The van der Waals surface area contributed by atoms with Crippen LogP contribution in [0.4, 0.5) is 8.78 Å². The van der Waals surface area contributed by atoms with Crippen molar-refractivity contribution in [1.82, 2.24) is 10.2 Å². The van der Waals surface area contributed by atoms with Crippen LogP contribution in [0.25, 0.3) is 0 Å². The smallest absolute Gasteiger partial charge is 0.222 e. The molecular weight excluding hydrogens is 442 g/mol. The van der Waals surface area contributed by atoms with Gasteiger partial charge in [0.1, 0.15) is 29.2 Å². The molecule has 182 valence electrons. The van der Waals surface area contributed by atoms with E-state index in [0.717, 1.165) is 0 Å². The summed E-state index contributed by atoms with van der Waals surface area (Å²) in [4.78, 5) is 26.8. The molecule has 0 unspecified atom stereocenters. The van der Waals surface area contributed by atoms with Crippen LogP contribution in [0.2, 0.25) is 0 Å². The van der Waals surface area contributed by atoms with Crippen molar-refractivity contribution in [2.24, 2.45) is 0 Å². The van der Waals surface area contributed by atoms with E-state index in [9.17, 15) is 18.4 Å². The number of ether oxygens (including phenoxy) is 2. The Bertz CT molecular complexity index is 1020. The van der Waals surface area contributed by atoms with Crippen LogP contribution in [0.5, 0.6) is 11.5 Å². The molecule has 2 aromatic rings. The van der Waals surface area contributed by atoms with Gasteiger partial charge >= 0.3 is 0 Å². The van der Waals surface area contributed by atoms with Gasteiger partial charge in [-0.15, -0.1) is 0 Å². The van der Waals surface area contributed by atoms with Crippen LogP contribution >= 0.6 is 0 Å². The first-order valence-electron chi connectivity index (χ1n) is 11.7. The van der Waals surface area contributed by atoms with Crippen molar-refractivity contribution >= 4 is 11.8 Å². The number of benzene rings is 2. The molecule has 34 heavy (non-hydrogen) atoms. The summed E-state index contributed by atoms with van der Waals surface area (Å²) in [5.74, 6) is 0.327.